The Morgan fingerprint density at radius 2 is 1.00 bits per heavy atom. The molecule has 2 saturated heterocycles. The van der Waals surface area contributed by atoms with Crippen LogP contribution in [0.5, 0.6) is 11.6 Å². The number of benzene rings is 2. The maximum atomic E-state index is 16.2. The first-order chi connectivity index (χ1) is 54.0. The highest BCUT2D eigenvalue weighted by Gasteiger charge is 2.59. The van der Waals surface area contributed by atoms with Gasteiger partial charge in [0.2, 0.25) is 49.6 Å². The standard InChI is InChI=1S/C83H107N11O16S2/c1-3-55-37-39-82(55,78(99)91-111(103,104)59-32-33-59)89-73(95)66-44-57-46-93(66)77(98)72(88-81(102)110-69-28-16-22-48(69)17-7-5-9-25-63-70(107-57)43-53-21-13-14-24-61(53)84-63)54-30-29-51(41-54)52-31-36-62-65(42-52)85-64-26-10-6-8-18-49-23-15-27-68(49)109-80(101)87-71(50-19-11-12-20-50)76(97)94-47-58(108-75(64)86-62)45-67(94)74(96)90-83(40-38-56(83)4-2)79(100)92-112(105,106)60-34-35-60/h3-4,13-14,21,24,31,36,42-43,48-51,54-60,66-69,71-72H,1-2,5-12,15-20,22-23,25-30,32-35,37-41,44-47H2,(H,87,101)(H,88,102)(H,89,95)(H,90,96)(H,91,99)(H,92,100). The highest BCUT2D eigenvalue weighted by atomic mass is 32.2. The van der Waals surface area contributed by atoms with Crippen LogP contribution in [0.15, 0.2) is 73.8 Å². The molecule has 602 valence electrons. The Kier molecular flexibility index (Phi) is 22.2. The van der Waals surface area contributed by atoms with Gasteiger partial charge in [-0.3, -0.25) is 38.2 Å². The van der Waals surface area contributed by atoms with E-state index in [0.717, 1.165) is 106 Å². The van der Waals surface area contributed by atoms with Gasteiger partial charge in [0.1, 0.15) is 71.1 Å². The number of ether oxygens (including phenoxy) is 4. The van der Waals surface area contributed by atoms with Crippen molar-refractivity contribution in [3.8, 4) is 11.6 Å². The number of carbonyl (C=O) groups is 8. The third-order valence-electron chi connectivity index (χ3n) is 27.2. The minimum absolute atomic E-state index is 0.00758. The summed E-state index contributed by atoms with van der Waals surface area (Å²) in [7, 11) is -8.06. The van der Waals surface area contributed by atoms with Gasteiger partial charge in [-0.15, -0.1) is 13.2 Å². The van der Waals surface area contributed by atoms with Gasteiger partial charge in [-0.25, -0.2) is 41.4 Å². The summed E-state index contributed by atoms with van der Waals surface area (Å²) in [5.41, 5.74) is 0.789. The Morgan fingerprint density at radius 1 is 0.491 bits per heavy atom. The Morgan fingerprint density at radius 3 is 1.54 bits per heavy atom. The largest absolute Gasteiger partial charge is 0.487 e. The van der Waals surface area contributed by atoms with Crippen molar-refractivity contribution in [3.05, 3.63) is 90.8 Å². The second-order valence-electron chi connectivity index (χ2n) is 34.4. The smallest absolute Gasteiger partial charge is 0.408 e. The summed E-state index contributed by atoms with van der Waals surface area (Å²) in [6.45, 7) is 7.73. The highest BCUT2D eigenvalue weighted by molar-refractivity contribution is 7.91. The summed E-state index contributed by atoms with van der Waals surface area (Å²) in [6, 6.07) is 10.9. The number of nitrogens with one attached hydrogen (secondary N) is 6. The topological polar surface area (TPSA) is 359 Å². The number of pyridine rings is 1. The van der Waals surface area contributed by atoms with Gasteiger partial charge < -0.3 is 50.0 Å². The van der Waals surface area contributed by atoms with Crippen molar-refractivity contribution in [1.82, 2.24) is 55.5 Å². The number of amides is 8. The van der Waals surface area contributed by atoms with E-state index in [1.165, 1.54) is 9.80 Å². The van der Waals surface area contributed by atoms with Gasteiger partial charge >= 0.3 is 12.2 Å². The molecule has 0 spiro atoms. The lowest BCUT2D eigenvalue weighted by atomic mass is 9.66. The van der Waals surface area contributed by atoms with Crippen LogP contribution in [0.25, 0.3) is 21.9 Å². The van der Waals surface area contributed by atoms with Gasteiger partial charge in [0.05, 0.1) is 45.8 Å². The molecule has 12 aliphatic rings. The molecule has 16 atom stereocenters. The first-order valence-corrected chi connectivity index (χ1v) is 44.7. The average Bonchev–Trinajstić information content (AvgIpc) is 1.23. The second-order valence-corrected chi connectivity index (χ2v) is 38.3. The molecule has 8 amide bonds. The Labute approximate surface area is 654 Å². The summed E-state index contributed by atoms with van der Waals surface area (Å²) in [6.07, 6.45) is 19.4. The van der Waals surface area contributed by atoms with E-state index >= 15 is 19.2 Å². The summed E-state index contributed by atoms with van der Waals surface area (Å²) in [5, 5.41) is 11.5. The first-order valence-electron chi connectivity index (χ1n) is 41.6. The first kappa shape index (κ1) is 77.5. The molecule has 6 N–H and O–H groups in total. The van der Waals surface area contributed by atoms with Gasteiger partial charge in [-0.2, -0.15) is 0 Å². The molecule has 2 aromatic heterocycles. The minimum Gasteiger partial charge on any atom is -0.487 e. The average molecular weight is 1580 g/mol. The number of rotatable bonds is 15. The van der Waals surface area contributed by atoms with Gasteiger partial charge in [0, 0.05) is 30.1 Å². The van der Waals surface area contributed by atoms with Gasteiger partial charge in [0.25, 0.3) is 11.8 Å². The molecule has 16 unspecified atom stereocenters. The number of sulfonamides is 2. The molecule has 2 aromatic carbocycles. The highest BCUT2D eigenvalue weighted by Crippen LogP contribution is 2.47. The number of carbonyl (C=O) groups excluding carboxylic acids is 8. The lowest BCUT2D eigenvalue weighted by molar-refractivity contribution is -0.145. The third-order valence-corrected chi connectivity index (χ3v) is 30.9. The van der Waals surface area contributed by atoms with Crippen molar-refractivity contribution >= 4 is 89.6 Å². The van der Waals surface area contributed by atoms with Crippen molar-refractivity contribution in [2.75, 3.05) is 13.1 Å². The van der Waals surface area contributed by atoms with Crippen LogP contribution in [0.4, 0.5) is 9.59 Å². The minimum atomic E-state index is -4.03. The Bertz CT molecular complexity index is 4590. The maximum absolute atomic E-state index is 16.2. The van der Waals surface area contributed by atoms with Crippen molar-refractivity contribution in [1.29, 1.82) is 0 Å². The quantitative estimate of drug-likeness (QED) is 0.0603. The molecule has 0 radical (unpaired) electrons. The molecular formula is C83H107N11O16S2. The molecule has 8 saturated carbocycles. The molecule has 4 bridgehead atoms. The predicted molar refractivity (Wildman–Crippen MR) is 414 cm³/mol. The number of hydrogen-bond donors (Lipinski definition) is 6. The van der Waals surface area contributed by atoms with Crippen LogP contribution in [-0.4, -0.2) is 172 Å². The molecule has 27 nitrogen and oxygen atoms in total. The van der Waals surface area contributed by atoms with Crippen LogP contribution >= 0.6 is 0 Å². The molecule has 4 aromatic rings. The van der Waals surface area contributed by atoms with Crippen LogP contribution < -0.4 is 40.2 Å². The fraction of sp³-hybridized carbons (Fsp3) is 0.651. The predicted octanol–water partition coefficient (Wildman–Crippen LogP) is 9.53. The zero-order valence-electron chi connectivity index (χ0n) is 63.8. The van der Waals surface area contributed by atoms with E-state index in [1.54, 1.807) is 12.2 Å². The van der Waals surface area contributed by atoms with Crippen LogP contribution in [0.2, 0.25) is 0 Å². The Hall–Kier alpha value is -8.47. The van der Waals surface area contributed by atoms with E-state index in [2.05, 4.69) is 43.9 Å². The molecule has 112 heavy (non-hydrogen) atoms. The summed E-state index contributed by atoms with van der Waals surface area (Å²) in [5.74, 6) is -5.23. The Balaban J connectivity index is 0.701. The van der Waals surface area contributed by atoms with Gasteiger partial charge in [-0.1, -0.05) is 74.9 Å². The normalized spacial score (nSPS) is 33.1. The van der Waals surface area contributed by atoms with Crippen LogP contribution in [0, 0.1) is 35.5 Å². The van der Waals surface area contributed by atoms with Gasteiger partial charge in [0.15, 0.2) is 0 Å². The van der Waals surface area contributed by atoms with E-state index in [1.807, 2.05) is 48.5 Å². The lowest BCUT2D eigenvalue weighted by Gasteiger charge is -2.47. The molecule has 16 rings (SSSR count). The molecular weight excluding hydrogens is 1470 g/mol. The lowest BCUT2D eigenvalue weighted by Crippen LogP contribution is -2.70. The van der Waals surface area contributed by atoms with E-state index in [4.69, 9.17) is 33.9 Å². The van der Waals surface area contributed by atoms with E-state index < -0.39 is 143 Å². The number of aryl methyl sites for hydroxylation is 2. The zero-order chi connectivity index (χ0) is 77.8. The molecule has 8 aliphatic carbocycles. The number of fused-ring (bicyclic) bond motifs is 10. The van der Waals surface area contributed by atoms with Crippen LogP contribution in [-0.2, 0) is 71.1 Å². The number of aromatic nitrogens is 3. The van der Waals surface area contributed by atoms with Crippen molar-refractivity contribution in [3.63, 3.8) is 0 Å². The fourth-order valence-corrected chi connectivity index (χ4v) is 23.0. The molecule has 6 heterocycles. The van der Waals surface area contributed by atoms with Crippen LogP contribution in [0.3, 0.4) is 0 Å². The number of nitrogens with zero attached hydrogens (tertiary/aromatic N) is 5. The molecule has 29 heteroatoms. The maximum Gasteiger partial charge on any atom is 0.408 e. The number of alkyl carbamates (subject to hydrolysis) is 2. The van der Waals surface area contributed by atoms with Crippen molar-refractivity contribution in [2.45, 2.75) is 288 Å². The summed E-state index contributed by atoms with van der Waals surface area (Å²) >= 11 is 0. The fourth-order valence-electron chi connectivity index (χ4n) is 20.3. The summed E-state index contributed by atoms with van der Waals surface area (Å²) in [4.78, 5) is 138. The monoisotopic (exact) mass is 1580 g/mol. The second kappa shape index (κ2) is 32.1. The molecule has 10 fully saturated rings. The van der Waals surface area contributed by atoms with E-state index in [0.29, 0.717) is 125 Å². The number of para-hydroxylation sites is 1. The van der Waals surface area contributed by atoms with Crippen molar-refractivity contribution < 1.29 is 74.1 Å². The van der Waals surface area contributed by atoms with Gasteiger partial charge in [-0.05, 0) is 220 Å². The summed E-state index contributed by atoms with van der Waals surface area (Å²) < 4.78 is 84.4. The zero-order valence-corrected chi connectivity index (χ0v) is 65.5. The van der Waals surface area contributed by atoms with Crippen molar-refractivity contribution in [2.24, 2.45) is 35.5 Å². The van der Waals surface area contributed by atoms with E-state index in [-0.39, 0.29) is 80.5 Å². The SMILES string of the molecule is C=CC1CCC1(NC(=O)C1CC2CN1C(=O)C(C1CCC(c3ccc4nc5c(nc4c3)CCCCCC3CCCC3OC(=O)NC(C3CCCC3)C(=O)N3CC(CC3C(=O)NC3(C(=O)NS(=O)(=O)C4CC4)CCC3C=C)O5)C1)NC(=O)OC1CCCC1CCCCCc1nc3ccccc3cc1O2)C(=O)NS(=O)(=O)C1CC1. The molecule has 4 aliphatic heterocycles. The third kappa shape index (κ3) is 16.0. The van der Waals surface area contributed by atoms with Crippen LogP contribution in [0.1, 0.15) is 222 Å². The van der Waals surface area contributed by atoms with E-state index in [9.17, 15) is 36.0 Å². The number of hydrogen-bond acceptors (Lipinski definition) is 19.